The number of ether oxygens (including phenoxy) is 1. The molecule has 0 aliphatic heterocycles. The summed E-state index contributed by atoms with van der Waals surface area (Å²) in [5.74, 6) is -0.923. The summed E-state index contributed by atoms with van der Waals surface area (Å²) in [6.45, 7) is 0. The van der Waals surface area contributed by atoms with E-state index in [1.165, 1.54) is 12.1 Å². The van der Waals surface area contributed by atoms with Crippen molar-refractivity contribution >= 4 is 5.69 Å². The van der Waals surface area contributed by atoms with Gasteiger partial charge in [0.1, 0.15) is 17.4 Å². The number of nitrogens with zero attached hydrogens (tertiary/aromatic N) is 2. The summed E-state index contributed by atoms with van der Waals surface area (Å²) in [5.41, 5.74) is -2.82. The lowest BCUT2D eigenvalue weighted by molar-refractivity contribution is -0.385. The Kier molecular flexibility index (Phi) is 5.34. The second-order valence-electron chi connectivity index (χ2n) is 6.19. The normalized spacial score (nSPS) is 11.0. The maximum absolute atomic E-state index is 13.6. The maximum atomic E-state index is 13.6. The molecule has 0 bridgehead atoms. The first-order chi connectivity index (χ1) is 14.2. The highest BCUT2D eigenvalue weighted by Crippen LogP contribution is 2.48. The van der Waals surface area contributed by atoms with E-state index in [0.717, 1.165) is 25.3 Å². The van der Waals surface area contributed by atoms with Crippen LogP contribution in [0.15, 0.2) is 54.6 Å². The summed E-state index contributed by atoms with van der Waals surface area (Å²) in [6, 6.07) is 13.3. The number of hydrogen-bond acceptors (Lipinski definition) is 5. The summed E-state index contributed by atoms with van der Waals surface area (Å²) in [4.78, 5) is 10.8. The molecule has 152 valence electrons. The van der Waals surface area contributed by atoms with E-state index in [1.807, 2.05) is 6.07 Å². The SMILES string of the molecule is COc1ccc(O)c(-c2cc(C(F)(F)F)cc(-c3ccccc3)c2C#N)c1[N+](=O)[O-]. The zero-order valence-corrected chi connectivity index (χ0v) is 15.4. The van der Waals surface area contributed by atoms with E-state index >= 15 is 0 Å². The highest BCUT2D eigenvalue weighted by atomic mass is 19.4. The van der Waals surface area contributed by atoms with Gasteiger partial charge in [-0.2, -0.15) is 18.4 Å². The molecule has 0 heterocycles. The van der Waals surface area contributed by atoms with E-state index in [9.17, 15) is 33.7 Å². The molecule has 0 aliphatic rings. The van der Waals surface area contributed by atoms with Crippen molar-refractivity contribution in [2.24, 2.45) is 0 Å². The molecule has 0 spiro atoms. The van der Waals surface area contributed by atoms with Crippen LogP contribution in [0.2, 0.25) is 0 Å². The Labute approximate surface area is 168 Å². The number of aromatic hydroxyl groups is 1. The van der Waals surface area contributed by atoms with E-state index in [1.54, 1.807) is 18.2 Å². The third kappa shape index (κ3) is 3.63. The summed E-state index contributed by atoms with van der Waals surface area (Å²) in [6.07, 6.45) is -4.80. The van der Waals surface area contributed by atoms with E-state index < -0.39 is 39.2 Å². The molecule has 0 fully saturated rings. The fraction of sp³-hybridized carbons (Fsp3) is 0.0952. The molecule has 0 aliphatic carbocycles. The van der Waals surface area contributed by atoms with Gasteiger partial charge in [0.25, 0.3) is 0 Å². The highest BCUT2D eigenvalue weighted by Gasteiger charge is 2.35. The van der Waals surface area contributed by atoms with Crippen molar-refractivity contribution in [3.63, 3.8) is 0 Å². The lowest BCUT2D eigenvalue weighted by Gasteiger charge is -2.17. The van der Waals surface area contributed by atoms with Crippen LogP contribution in [-0.4, -0.2) is 17.1 Å². The van der Waals surface area contributed by atoms with Crippen molar-refractivity contribution in [1.29, 1.82) is 5.26 Å². The molecule has 0 saturated carbocycles. The summed E-state index contributed by atoms with van der Waals surface area (Å²) in [7, 11) is 1.15. The zero-order chi connectivity index (χ0) is 22.1. The predicted molar refractivity (Wildman–Crippen MR) is 102 cm³/mol. The Morgan fingerprint density at radius 2 is 1.73 bits per heavy atom. The number of hydrogen-bond donors (Lipinski definition) is 1. The molecular formula is C21H13F3N2O4. The number of nitriles is 1. The summed E-state index contributed by atoms with van der Waals surface area (Å²) >= 11 is 0. The maximum Gasteiger partial charge on any atom is 0.416 e. The molecule has 3 aromatic rings. The van der Waals surface area contributed by atoms with Crippen LogP contribution in [0, 0.1) is 21.4 Å². The van der Waals surface area contributed by atoms with Gasteiger partial charge in [-0.3, -0.25) is 10.1 Å². The van der Waals surface area contributed by atoms with E-state index in [-0.39, 0.29) is 16.9 Å². The van der Waals surface area contributed by atoms with Gasteiger partial charge >= 0.3 is 11.9 Å². The van der Waals surface area contributed by atoms with Crippen LogP contribution in [0.25, 0.3) is 22.3 Å². The number of nitro benzene ring substituents is 1. The second kappa shape index (κ2) is 7.75. The highest BCUT2D eigenvalue weighted by molar-refractivity contribution is 5.90. The minimum atomic E-state index is -4.80. The van der Waals surface area contributed by atoms with Crippen LogP contribution in [0.3, 0.4) is 0 Å². The van der Waals surface area contributed by atoms with Crippen molar-refractivity contribution in [3.05, 3.63) is 75.8 Å². The quantitative estimate of drug-likeness (QED) is 0.447. The molecule has 3 aromatic carbocycles. The minimum Gasteiger partial charge on any atom is -0.507 e. The first kappa shape index (κ1) is 20.7. The minimum absolute atomic E-state index is 0.0700. The van der Waals surface area contributed by atoms with Crippen molar-refractivity contribution in [2.45, 2.75) is 6.18 Å². The van der Waals surface area contributed by atoms with Gasteiger partial charge in [0.05, 0.1) is 23.2 Å². The first-order valence-corrected chi connectivity index (χ1v) is 8.44. The van der Waals surface area contributed by atoms with Gasteiger partial charge in [-0.1, -0.05) is 30.3 Å². The third-order valence-electron chi connectivity index (χ3n) is 4.45. The van der Waals surface area contributed by atoms with E-state index in [0.29, 0.717) is 11.6 Å². The Morgan fingerprint density at radius 3 is 2.27 bits per heavy atom. The van der Waals surface area contributed by atoms with Crippen LogP contribution in [0.5, 0.6) is 11.5 Å². The van der Waals surface area contributed by atoms with Gasteiger partial charge in [-0.15, -0.1) is 0 Å². The van der Waals surface area contributed by atoms with Gasteiger partial charge in [0.2, 0.25) is 0 Å². The van der Waals surface area contributed by atoms with Gasteiger partial charge < -0.3 is 9.84 Å². The van der Waals surface area contributed by atoms with Crippen LogP contribution in [0.4, 0.5) is 18.9 Å². The van der Waals surface area contributed by atoms with Gasteiger partial charge in [-0.25, -0.2) is 0 Å². The molecule has 0 unspecified atom stereocenters. The van der Waals surface area contributed by atoms with E-state index in [4.69, 9.17) is 4.74 Å². The second-order valence-corrected chi connectivity index (χ2v) is 6.19. The first-order valence-electron chi connectivity index (χ1n) is 8.44. The lowest BCUT2D eigenvalue weighted by atomic mass is 9.89. The Bertz CT molecular complexity index is 1170. The van der Waals surface area contributed by atoms with Crippen LogP contribution >= 0.6 is 0 Å². The molecule has 0 saturated heterocycles. The standard InChI is InChI=1S/C21H13F3N2O4/c1-30-18-8-7-17(27)19(20(18)26(28)29)15-10-13(21(22,23)24)9-14(16(15)11-25)12-5-3-2-4-6-12/h2-10,27H,1H3. The number of phenolic OH excluding ortho intramolecular Hbond substituents is 1. The summed E-state index contributed by atoms with van der Waals surface area (Å²) in [5, 5.41) is 31.8. The van der Waals surface area contributed by atoms with Crippen LogP contribution in [-0.2, 0) is 6.18 Å². The number of benzene rings is 3. The third-order valence-corrected chi connectivity index (χ3v) is 4.45. The molecule has 30 heavy (non-hydrogen) atoms. The average Bonchev–Trinajstić information content (AvgIpc) is 2.72. The molecule has 0 radical (unpaired) electrons. The molecule has 6 nitrogen and oxygen atoms in total. The number of rotatable bonds is 4. The van der Waals surface area contributed by atoms with Crippen molar-refractivity contribution in [2.75, 3.05) is 7.11 Å². The van der Waals surface area contributed by atoms with Gasteiger partial charge in [0.15, 0.2) is 5.75 Å². The molecule has 9 heteroatoms. The van der Waals surface area contributed by atoms with Crippen molar-refractivity contribution in [1.82, 2.24) is 0 Å². The average molecular weight is 414 g/mol. The number of nitro groups is 1. The van der Waals surface area contributed by atoms with Gasteiger partial charge in [-0.05, 0) is 29.8 Å². The van der Waals surface area contributed by atoms with Crippen LogP contribution in [0.1, 0.15) is 11.1 Å². The Hall–Kier alpha value is -4.06. The Morgan fingerprint density at radius 1 is 1.10 bits per heavy atom. The lowest BCUT2D eigenvalue weighted by Crippen LogP contribution is -2.07. The number of halogens is 3. The van der Waals surface area contributed by atoms with Crippen molar-refractivity contribution < 1.29 is 27.9 Å². The number of phenols is 1. The smallest absolute Gasteiger partial charge is 0.416 e. The largest absolute Gasteiger partial charge is 0.507 e. The molecule has 0 aromatic heterocycles. The van der Waals surface area contributed by atoms with Crippen LogP contribution < -0.4 is 4.74 Å². The summed E-state index contributed by atoms with van der Waals surface area (Å²) < 4.78 is 45.8. The molecule has 3 rings (SSSR count). The molecule has 0 amide bonds. The van der Waals surface area contributed by atoms with E-state index in [2.05, 4.69) is 0 Å². The zero-order valence-electron chi connectivity index (χ0n) is 15.4. The predicted octanol–water partition coefficient (Wildman–Crippen LogP) is 5.53. The fourth-order valence-electron chi connectivity index (χ4n) is 3.14. The fourth-order valence-corrected chi connectivity index (χ4v) is 3.14. The number of methoxy groups -OCH3 is 1. The monoisotopic (exact) mass is 414 g/mol. The number of alkyl halides is 3. The Balaban J connectivity index is 2.51. The van der Waals surface area contributed by atoms with Crippen molar-refractivity contribution in [3.8, 4) is 39.8 Å². The molecule has 0 atom stereocenters. The topological polar surface area (TPSA) is 96.4 Å². The van der Waals surface area contributed by atoms with Gasteiger partial charge in [0, 0.05) is 11.1 Å². The molecular weight excluding hydrogens is 401 g/mol. The molecule has 1 N–H and O–H groups in total.